The summed E-state index contributed by atoms with van der Waals surface area (Å²) in [5.74, 6) is -0.530. The van der Waals surface area contributed by atoms with Gasteiger partial charge < -0.3 is 20.3 Å². The topological polar surface area (TPSA) is 95.9 Å². The quantitative estimate of drug-likeness (QED) is 0.0245. The van der Waals surface area contributed by atoms with E-state index >= 15 is 0 Å². The van der Waals surface area contributed by atoms with Crippen LogP contribution in [-0.2, 0) is 14.3 Å². The molecule has 0 aromatic heterocycles. The van der Waals surface area contributed by atoms with E-state index in [2.05, 4.69) is 62.5 Å². The highest BCUT2D eigenvalue weighted by molar-refractivity contribution is 5.77. The van der Waals surface area contributed by atoms with E-state index in [1.165, 1.54) is 135 Å². The molecular formula is C57H103NO5. The van der Waals surface area contributed by atoms with E-state index in [-0.39, 0.29) is 24.9 Å². The van der Waals surface area contributed by atoms with Crippen molar-refractivity contribution in [3.63, 3.8) is 0 Å². The molecule has 0 aliphatic carbocycles. The molecule has 3 atom stereocenters. The molecule has 3 unspecified atom stereocenters. The Morgan fingerprint density at radius 3 is 1.37 bits per heavy atom. The molecule has 0 fully saturated rings. The van der Waals surface area contributed by atoms with Crippen molar-refractivity contribution in [3.05, 3.63) is 60.8 Å². The van der Waals surface area contributed by atoms with Gasteiger partial charge >= 0.3 is 5.97 Å². The highest BCUT2D eigenvalue weighted by atomic mass is 16.5. The first-order valence-electron chi connectivity index (χ1n) is 27.1. The van der Waals surface area contributed by atoms with Gasteiger partial charge in [0.25, 0.3) is 0 Å². The van der Waals surface area contributed by atoms with Crippen molar-refractivity contribution in [2.75, 3.05) is 6.61 Å². The summed E-state index contributed by atoms with van der Waals surface area (Å²) < 4.78 is 5.92. The third-order valence-corrected chi connectivity index (χ3v) is 12.2. The number of ether oxygens (including phenoxy) is 1. The molecule has 3 N–H and O–H groups in total. The van der Waals surface area contributed by atoms with Crippen LogP contribution in [0.4, 0.5) is 0 Å². The Morgan fingerprint density at radius 2 is 0.873 bits per heavy atom. The second kappa shape index (κ2) is 50.6. The number of aliphatic hydroxyl groups excluding tert-OH is 2. The first-order chi connectivity index (χ1) is 31.0. The SMILES string of the molecule is CC/C=C/C=C/C=C\C=C/CCCCCC(=O)OC(CCCCC/C=C/CCCCCCCCCCC)CC(=O)NC(CO)C(O)CCCCCCCCCCCCCCCCC. The summed E-state index contributed by atoms with van der Waals surface area (Å²) in [6, 6.07) is -0.716. The van der Waals surface area contributed by atoms with Crippen LogP contribution < -0.4 is 5.32 Å². The van der Waals surface area contributed by atoms with Crippen LogP contribution in [-0.4, -0.2) is 46.9 Å². The molecule has 6 heteroatoms. The lowest BCUT2D eigenvalue weighted by atomic mass is 10.0. The zero-order valence-corrected chi connectivity index (χ0v) is 41.7. The molecule has 0 aliphatic rings. The van der Waals surface area contributed by atoms with Gasteiger partial charge in [0.15, 0.2) is 0 Å². The number of unbranched alkanes of at least 4 members (excludes halogenated alkanes) is 29. The van der Waals surface area contributed by atoms with Crippen LogP contribution >= 0.6 is 0 Å². The van der Waals surface area contributed by atoms with E-state index in [9.17, 15) is 19.8 Å². The van der Waals surface area contributed by atoms with Crippen LogP contribution in [0.3, 0.4) is 0 Å². The molecule has 366 valence electrons. The summed E-state index contributed by atoms with van der Waals surface area (Å²) in [5, 5.41) is 23.8. The maximum absolute atomic E-state index is 13.2. The zero-order chi connectivity index (χ0) is 45.9. The molecule has 0 heterocycles. The number of nitrogens with one attached hydrogen (secondary N) is 1. The van der Waals surface area contributed by atoms with Crippen molar-refractivity contribution in [2.45, 2.75) is 283 Å². The smallest absolute Gasteiger partial charge is 0.306 e. The minimum atomic E-state index is -0.800. The second-order valence-corrected chi connectivity index (χ2v) is 18.3. The number of esters is 1. The summed E-state index contributed by atoms with van der Waals surface area (Å²) in [5.41, 5.74) is 0. The van der Waals surface area contributed by atoms with Crippen molar-refractivity contribution < 1.29 is 24.5 Å². The van der Waals surface area contributed by atoms with Gasteiger partial charge in [0.1, 0.15) is 6.10 Å². The van der Waals surface area contributed by atoms with Gasteiger partial charge in [-0.25, -0.2) is 0 Å². The summed E-state index contributed by atoms with van der Waals surface area (Å²) in [7, 11) is 0. The maximum atomic E-state index is 13.2. The number of carbonyl (C=O) groups excluding carboxylic acids is 2. The first kappa shape index (κ1) is 60.6. The minimum Gasteiger partial charge on any atom is -0.462 e. The lowest BCUT2D eigenvalue weighted by Crippen LogP contribution is -2.46. The molecule has 1 amide bonds. The van der Waals surface area contributed by atoms with Gasteiger partial charge in [-0.05, 0) is 70.6 Å². The monoisotopic (exact) mass is 882 g/mol. The van der Waals surface area contributed by atoms with Crippen LogP contribution in [0.1, 0.15) is 265 Å². The normalized spacial score (nSPS) is 13.7. The molecule has 0 saturated heterocycles. The predicted octanol–water partition coefficient (Wildman–Crippen LogP) is 16.4. The average Bonchev–Trinajstić information content (AvgIpc) is 3.28. The van der Waals surface area contributed by atoms with Crippen LogP contribution in [0.25, 0.3) is 0 Å². The predicted molar refractivity (Wildman–Crippen MR) is 273 cm³/mol. The fourth-order valence-electron chi connectivity index (χ4n) is 8.08. The number of rotatable bonds is 48. The van der Waals surface area contributed by atoms with E-state index < -0.39 is 18.2 Å². The Balaban J connectivity index is 4.63. The van der Waals surface area contributed by atoms with Gasteiger partial charge in [-0.3, -0.25) is 9.59 Å². The Bertz CT molecular complexity index is 1130. The molecule has 0 spiro atoms. The van der Waals surface area contributed by atoms with E-state index in [1.54, 1.807) is 0 Å². The number of amides is 1. The number of aliphatic hydroxyl groups is 2. The van der Waals surface area contributed by atoms with Gasteiger partial charge in [-0.15, -0.1) is 0 Å². The Labute approximate surface area is 390 Å². The number of hydrogen-bond donors (Lipinski definition) is 3. The minimum absolute atomic E-state index is 0.0505. The summed E-state index contributed by atoms with van der Waals surface area (Å²) in [4.78, 5) is 26.2. The number of allylic oxidation sites excluding steroid dienone is 10. The van der Waals surface area contributed by atoms with Gasteiger partial charge in [-0.2, -0.15) is 0 Å². The fourth-order valence-corrected chi connectivity index (χ4v) is 8.08. The van der Waals surface area contributed by atoms with Crippen molar-refractivity contribution in [1.82, 2.24) is 5.32 Å². The Hall–Kier alpha value is -2.44. The third-order valence-electron chi connectivity index (χ3n) is 12.2. The molecule has 0 saturated carbocycles. The molecule has 0 radical (unpaired) electrons. The molecular weight excluding hydrogens is 779 g/mol. The highest BCUT2D eigenvalue weighted by Crippen LogP contribution is 2.18. The molecule has 6 nitrogen and oxygen atoms in total. The fraction of sp³-hybridized carbons (Fsp3) is 0.789. The van der Waals surface area contributed by atoms with Crippen molar-refractivity contribution in [1.29, 1.82) is 0 Å². The molecule has 63 heavy (non-hydrogen) atoms. The van der Waals surface area contributed by atoms with Crippen molar-refractivity contribution in [2.24, 2.45) is 0 Å². The summed E-state index contributed by atoms with van der Waals surface area (Å²) in [6.07, 6.45) is 62.8. The first-order valence-corrected chi connectivity index (χ1v) is 27.1. The van der Waals surface area contributed by atoms with Gasteiger partial charge in [0.2, 0.25) is 5.91 Å². The molecule has 0 bridgehead atoms. The average molecular weight is 882 g/mol. The Kier molecular flexibility index (Phi) is 48.6. The van der Waals surface area contributed by atoms with Crippen molar-refractivity contribution >= 4 is 11.9 Å². The van der Waals surface area contributed by atoms with Crippen molar-refractivity contribution in [3.8, 4) is 0 Å². The lowest BCUT2D eigenvalue weighted by Gasteiger charge is -2.24. The van der Waals surface area contributed by atoms with E-state index in [4.69, 9.17) is 4.74 Å². The molecule has 0 aliphatic heterocycles. The molecule has 0 rings (SSSR count). The van der Waals surface area contributed by atoms with Crippen LogP contribution in [0.2, 0.25) is 0 Å². The molecule has 0 aromatic rings. The maximum Gasteiger partial charge on any atom is 0.306 e. The van der Waals surface area contributed by atoms with Crippen LogP contribution in [0.15, 0.2) is 60.8 Å². The van der Waals surface area contributed by atoms with E-state index in [0.29, 0.717) is 19.3 Å². The highest BCUT2D eigenvalue weighted by Gasteiger charge is 2.24. The second-order valence-electron chi connectivity index (χ2n) is 18.3. The van der Waals surface area contributed by atoms with Gasteiger partial charge in [0.05, 0.1) is 25.2 Å². The Morgan fingerprint density at radius 1 is 0.476 bits per heavy atom. The summed E-state index contributed by atoms with van der Waals surface area (Å²) in [6.45, 7) is 6.35. The summed E-state index contributed by atoms with van der Waals surface area (Å²) >= 11 is 0. The van der Waals surface area contributed by atoms with E-state index in [1.807, 2.05) is 24.3 Å². The van der Waals surface area contributed by atoms with Crippen LogP contribution in [0, 0.1) is 0 Å². The standard InChI is InChI=1S/C57H103NO5/c1-4-7-10-13-16-19-22-25-27-29-31-33-36-39-42-45-48-53(63-57(62)50-47-44-41-38-35-30-24-21-18-15-12-9-6-3)51-56(61)58-54(52-59)55(60)49-46-43-40-37-34-32-28-26-23-20-17-14-11-8-5-2/h9,12,15,18,21,24,30-31,33,35,53-55,59-60H,4-8,10-11,13-14,16-17,19-20,22-23,25-29,32,34,36-52H2,1-3H3,(H,58,61)/b12-9+,18-15+,24-21-,33-31+,35-30-. The van der Waals surface area contributed by atoms with E-state index in [0.717, 1.165) is 83.5 Å². The van der Waals surface area contributed by atoms with Crippen LogP contribution in [0.5, 0.6) is 0 Å². The zero-order valence-electron chi connectivity index (χ0n) is 41.7. The third kappa shape index (κ3) is 45.9. The number of hydrogen-bond acceptors (Lipinski definition) is 5. The number of carbonyl (C=O) groups is 2. The van der Waals surface area contributed by atoms with Gasteiger partial charge in [-0.1, -0.05) is 242 Å². The lowest BCUT2D eigenvalue weighted by molar-refractivity contribution is -0.151. The van der Waals surface area contributed by atoms with Gasteiger partial charge in [0, 0.05) is 6.42 Å². The molecule has 0 aromatic carbocycles. The largest absolute Gasteiger partial charge is 0.462 e.